The molecule has 2 aliphatic rings. The van der Waals surface area contributed by atoms with Gasteiger partial charge in [0.25, 0.3) is 0 Å². The van der Waals surface area contributed by atoms with Gasteiger partial charge < -0.3 is 9.64 Å². The van der Waals surface area contributed by atoms with Gasteiger partial charge in [0, 0.05) is 43.6 Å². The summed E-state index contributed by atoms with van der Waals surface area (Å²) in [5.74, 6) is 0.532. The number of thioether (sulfide) groups is 1. The van der Waals surface area contributed by atoms with Gasteiger partial charge in [0.1, 0.15) is 11.9 Å². The van der Waals surface area contributed by atoms with Crippen molar-refractivity contribution in [2.75, 3.05) is 24.7 Å². The third-order valence-corrected chi connectivity index (χ3v) is 4.90. The second-order valence-corrected chi connectivity index (χ2v) is 6.52. The Kier molecular flexibility index (Phi) is 4.83. The quantitative estimate of drug-likeness (QED) is 0.921. The van der Waals surface area contributed by atoms with E-state index in [1.54, 1.807) is 11.8 Å². The minimum Gasteiger partial charge on any atom is -0.487 e. The lowest BCUT2D eigenvalue weighted by Crippen LogP contribution is -2.49. The number of benzene rings is 1. The van der Waals surface area contributed by atoms with Crippen molar-refractivity contribution in [3.63, 3.8) is 0 Å². The van der Waals surface area contributed by atoms with Crippen molar-refractivity contribution < 1.29 is 18.3 Å². The third-order valence-electron chi connectivity index (χ3n) is 3.96. The second kappa shape index (κ2) is 6.83. The van der Waals surface area contributed by atoms with Crippen LogP contribution in [0, 0.1) is 11.6 Å². The predicted molar refractivity (Wildman–Crippen MR) is 80.8 cm³/mol. The summed E-state index contributed by atoms with van der Waals surface area (Å²) in [4.78, 5) is 14.1. The first-order valence-corrected chi connectivity index (χ1v) is 8.50. The summed E-state index contributed by atoms with van der Waals surface area (Å²) in [6.07, 6.45) is 1.17. The van der Waals surface area contributed by atoms with E-state index in [2.05, 4.69) is 5.32 Å². The molecule has 1 unspecified atom stereocenters. The Balaban J connectivity index is 1.52. The van der Waals surface area contributed by atoms with Gasteiger partial charge in [-0.1, -0.05) is 0 Å². The number of nitrogens with one attached hydrogen (secondary N) is 1. The number of carbonyl (C=O) groups excluding carboxylic acids is 1. The van der Waals surface area contributed by atoms with E-state index in [1.807, 2.05) is 4.90 Å². The van der Waals surface area contributed by atoms with E-state index in [4.69, 9.17) is 4.74 Å². The van der Waals surface area contributed by atoms with Gasteiger partial charge in [0.15, 0.2) is 11.6 Å². The minimum absolute atomic E-state index is 0.0695. The van der Waals surface area contributed by atoms with E-state index in [9.17, 15) is 13.6 Å². The Hall–Kier alpha value is -1.34. The lowest BCUT2D eigenvalue weighted by molar-refractivity contribution is -0.134. The Labute approximate surface area is 132 Å². The Morgan fingerprint density at radius 1 is 1.32 bits per heavy atom. The lowest BCUT2D eigenvalue weighted by atomic mass is 10.1. The lowest BCUT2D eigenvalue weighted by Gasteiger charge is -2.33. The number of halogens is 2. The van der Waals surface area contributed by atoms with Crippen LogP contribution in [0.15, 0.2) is 18.2 Å². The molecule has 1 N–H and O–H groups in total. The van der Waals surface area contributed by atoms with Crippen LogP contribution in [0.5, 0.6) is 5.75 Å². The minimum atomic E-state index is -0.689. The van der Waals surface area contributed by atoms with Crippen molar-refractivity contribution in [1.82, 2.24) is 10.2 Å². The molecule has 120 valence electrons. The van der Waals surface area contributed by atoms with Gasteiger partial charge in [-0.15, -0.1) is 11.8 Å². The maximum atomic E-state index is 13.6. The van der Waals surface area contributed by atoms with E-state index >= 15 is 0 Å². The Morgan fingerprint density at radius 3 is 2.73 bits per heavy atom. The molecule has 1 aromatic rings. The normalized spacial score (nSPS) is 22.8. The molecule has 0 saturated carbocycles. The van der Waals surface area contributed by atoms with Gasteiger partial charge >= 0.3 is 0 Å². The predicted octanol–water partition coefficient (Wildman–Crippen LogP) is 2.00. The van der Waals surface area contributed by atoms with E-state index in [1.165, 1.54) is 12.1 Å². The first-order chi connectivity index (χ1) is 10.6. The zero-order chi connectivity index (χ0) is 15.5. The van der Waals surface area contributed by atoms with Crippen LogP contribution in [0.3, 0.4) is 0 Å². The summed E-state index contributed by atoms with van der Waals surface area (Å²) in [6, 6.07) is 3.22. The second-order valence-electron chi connectivity index (χ2n) is 5.49. The molecule has 2 fully saturated rings. The molecule has 1 aromatic carbocycles. The average Bonchev–Trinajstić information content (AvgIpc) is 3.04. The summed E-state index contributed by atoms with van der Waals surface area (Å²) in [5, 5.41) is 3.17. The maximum absolute atomic E-state index is 13.6. The summed E-state index contributed by atoms with van der Waals surface area (Å²) < 4.78 is 32.0. The molecule has 0 spiro atoms. The number of hydrogen-bond acceptors (Lipinski definition) is 4. The molecule has 3 rings (SSSR count). The van der Waals surface area contributed by atoms with Gasteiger partial charge in [0.2, 0.25) is 5.91 Å². The van der Waals surface area contributed by atoms with Crippen LogP contribution in [0.4, 0.5) is 8.78 Å². The van der Waals surface area contributed by atoms with Crippen LogP contribution < -0.4 is 10.1 Å². The van der Waals surface area contributed by atoms with E-state index in [0.717, 1.165) is 17.7 Å². The Bertz CT molecular complexity index is 544. The van der Waals surface area contributed by atoms with Crippen molar-refractivity contribution in [3.8, 4) is 5.75 Å². The van der Waals surface area contributed by atoms with Gasteiger partial charge in [-0.3, -0.25) is 10.1 Å². The highest BCUT2D eigenvalue weighted by Gasteiger charge is 2.30. The summed E-state index contributed by atoms with van der Waals surface area (Å²) in [7, 11) is 0. The number of carbonyl (C=O) groups is 1. The van der Waals surface area contributed by atoms with Crippen LogP contribution in [0.2, 0.25) is 0 Å². The number of piperidine rings is 1. The molecular formula is C15H18F2N2O2S. The van der Waals surface area contributed by atoms with E-state index in [0.29, 0.717) is 25.9 Å². The molecule has 0 aromatic heterocycles. The van der Waals surface area contributed by atoms with Gasteiger partial charge in [-0.05, 0) is 12.1 Å². The van der Waals surface area contributed by atoms with Crippen LogP contribution in [0.25, 0.3) is 0 Å². The zero-order valence-corrected chi connectivity index (χ0v) is 12.9. The highest BCUT2D eigenvalue weighted by atomic mass is 32.2. The number of rotatable bonds is 3. The van der Waals surface area contributed by atoms with Gasteiger partial charge in [-0.25, -0.2) is 8.78 Å². The van der Waals surface area contributed by atoms with Crippen molar-refractivity contribution in [2.45, 2.75) is 25.0 Å². The summed E-state index contributed by atoms with van der Waals surface area (Å²) >= 11 is 1.72. The molecule has 2 aliphatic heterocycles. The first-order valence-electron chi connectivity index (χ1n) is 7.35. The SMILES string of the molecule is O=C(C1CSCN1)N1CCC(Oc2ccc(F)cc2F)CC1. The molecule has 22 heavy (non-hydrogen) atoms. The van der Waals surface area contributed by atoms with Crippen LogP contribution in [0.1, 0.15) is 12.8 Å². The number of nitrogens with zero attached hydrogens (tertiary/aromatic N) is 1. The highest BCUT2D eigenvalue weighted by molar-refractivity contribution is 7.99. The monoisotopic (exact) mass is 328 g/mol. The van der Waals surface area contributed by atoms with Crippen LogP contribution in [-0.4, -0.2) is 47.7 Å². The van der Waals surface area contributed by atoms with E-state index in [-0.39, 0.29) is 23.8 Å². The fraction of sp³-hybridized carbons (Fsp3) is 0.533. The van der Waals surface area contributed by atoms with Gasteiger partial charge in [-0.2, -0.15) is 0 Å². The molecule has 1 amide bonds. The van der Waals surface area contributed by atoms with E-state index < -0.39 is 11.6 Å². The first kappa shape index (κ1) is 15.6. The molecule has 2 saturated heterocycles. The van der Waals surface area contributed by atoms with Crippen LogP contribution in [-0.2, 0) is 4.79 Å². The topological polar surface area (TPSA) is 41.6 Å². The molecule has 0 bridgehead atoms. The molecule has 1 atom stereocenters. The largest absolute Gasteiger partial charge is 0.487 e. The van der Waals surface area contributed by atoms with Crippen molar-refractivity contribution in [2.24, 2.45) is 0 Å². The molecule has 4 nitrogen and oxygen atoms in total. The molecule has 0 radical (unpaired) electrons. The number of likely N-dealkylation sites (tertiary alicyclic amines) is 1. The van der Waals surface area contributed by atoms with Crippen molar-refractivity contribution >= 4 is 17.7 Å². The standard InChI is InChI=1S/C15H18F2N2O2S/c16-10-1-2-14(12(17)7-10)21-11-3-5-19(6-4-11)15(20)13-8-22-9-18-13/h1-2,7,11,13,18H,3-6,8-9H2. The summed E-state index contributed by atoms with van der Waals surface area (Å²) in [6.45, 7) is 1.21. The average molecular weight is 328 g/mol. The third kappa shape index (κ3) is 3.52. The number of hydrogen-bond donors (Lipinski definition) is 1. The number of ether oxygens (including phenoxy) is 1. The van der Waals surface area contributed by atoms with Crippen molar-refractivity contribution in [1.29, 1.82) is 0 Å². The molecule has 0 aliphatic carbocycles. The molecule has 2 heterocycles. The zero-order valence-electron chi connectivity index (χ0n) is 12.1. The molecule has 7 heteroatoms. The fourth-order valence-corrected chi connectivity index (χ4v) is 3.65. The smallest absolute Gasteiger partial charge is 0.240 e. The molecular weight excluding hydrogens is 310 g/mol. The van der Waals surface area contributed by atoms with Crippen molar-refractivity contribution in [3.05, 3.63) is 29.8 Å². The number of amides is 1. The maximum Gasteiger partial charge on any atom is 0.240 e. The summed E-state index contributed by atoms with van der Waals surface area (Å²) in [5.41, 5.74) is 0. The van der Waals surface area contributed by atoms with Crippen LogP contribution >= 0.6 is 11.8 Å². The Morgan fingerprint density at radius 2 is 2.09 bits per heavy atom. The highest BCUT2D eigenvalue weighted by Crippen LogP contribution is 2.23. The fourth-order valence-electron chi connectivity index (χ4n) is 2.72. The van der Waals surface area contributed by atoms with Gasteiger partial charge in [0.05, 0.1) is 6.04 Å².